The zero-order valence-electron chi connectivity index (χ0n) is 12.9. The summed E-state index contributed by atoms with van der Waals surface area (Å²) in [6.45, 7) is 5.09. The molecular weight excluding hydrogens is 286 g/mol. The van der Waals surface area contributed by atoms with Gasteiger partial charge in [0, 0.05) is 17.2 Å². The Kier molecular flexibility index (Phi) is 4.03. The summed E-state index contributed by atoms with van der Waals surface area (Å²) in [5.41, 5.74) is 0.219. The van der Waals surface area contributed by atoms with E-state index in [1.807, 2.05) is 0 Å². The maximum Gasteiger partial charge on any atom is 0.422 e. The first kappa shape index (κ1) is 15.8. The van der Waals surface area contributed by atoms with Crippen LogP contribution in [0.4, 0.5) is 4.79 Å². The van der Waals surface area contributed by atoms with Crippen molar-refractivity contribution in [2.24, 2.45) is 0 Å². The molecule has 6 nitrogen and oxygen atoms in total. The summed E-state index contributed by atoms with van der Waals surface area (Å²) in [6, 6.07) is 6.65. The van der Waals surface area contributed by atoms with Gasteiger partial charge >= 0.3 is 12.1 Å². The Morgan fingerprint density at radius 3 is 2.27 bits per heavy atom. The Hall–Kier alpha value is -2.63. The maximum atomic E-state index is 12.4. The van der Waals surface area contributed by atoms with Crippen molar-refractivity contribution in [3.63, 3.8) is 0 Å². The molecule has 0 aliphatic carbocycles. The Morgan fingerprint density at radius 1 is 1.14 bits per heavy atom. The number of fused-ring (bicyclic) bond motifs is 1. The van der Waals surface area contributed by atoms with Gasteiger partial charge in [-0.25, -0.2) is 14.5 Å². The van der Waals surface area contributed by atoms with Crippen molar-refractivity contribution in [3.8, 4) is 0 Å². The van der Waals surface area contributed by atoms with E-state index < -0.39 is 23.6 Å². The number of nitrogens with zero attached hydrogens (tertiary/aromatic N) is 1. The topological polar surface area (TPSA) is 72.9 Å². The number of hydrogen-bond acceptors (Lipinski definition) is 5. The van der Waals surface area contributed by atoms with Crippen molar-refractivity contribution in [3.05, 3.63) is 41.5 Å². The van der Waals surface area contributed by atoms with Crippen LogP contribution >= 0.6 is 0 Å². The van der Waals surface area contributed by atoms with Crippen molar-refractivity contribution in [2.75, 3.05) is 7.11 Å². The average molecular weight is 303 g/mol. The van der Waals surface area contributed by atoms with Gasteiger partial charge in [0.25, 0.3) is 5.91 Å². The molecule has 2 rings (SSSR count). The van der Waals surface area contributed by atoms with Crippen LogP contribution in [0.25, 0.3) is 5.70 Å². The van der Waals surface area contributed by atoms with Gasteiger partial charge in [0.05, 0.1) is 12.8 Å². The van der Waals surface area contributed by atoms with E-state index in [0.717, 1.165) is 11.0 Å². The summed E-state index contributed by atoms with van der Waals surface area (Å²) in [5.74, 6) is -1.19. The highest BCUT2D eigenvalue weighted by atomic mass is 16.6. The fraction of sp³-hybridized carbons (Fsp3) is 0.312. The molecule has 6 heteroatoms. The molecule has 0 radical (unpaired) electrons. The molecule has 1 heterocycles. The smallest absolute Gasteiger partial charge is 0.422 e. The summed E-state index contributed by atoms with van der Waals surface area (Å²) in [7, 11) is 1.22. The van der Waals surface area contributed by atoms with E-state index in [-0.39, 0.29) is 5.70 Å². The standard InChI is InChI=1S/C16H17NO5/c1-16(2,3)22-15(20)17-12(9-13(18)21-4)10-7-5-6-8-11(10)14(17)19/h5-9H,1-4H3/b12-9+. The highest BCUT2D eigenvalue weighted by molar-refractivity contribution is 6.18. The lowest BCUT2D eigenvalue weighted by molar-refractivity contribution is -0.134. The van der Waals surface area contributed by atoms with Gasteiger partial charge in [-0.15, -0.1) is 0 Å². The molecule has 0 bridgehead atoms. The average Bonchev–Trinajstić information content (AvgIpc) is 2.70. The van der Waals surface area contributed by atoms with Crippen LogP contribution < -0.4 is 0 Å². The summed E-state index contributed by atoms with van der Waals surface area (Å²) in [6.07, 6.45) is 0.275. The van der Waals surface area contributed by atoms with E-state index in [2.05, 4.69) is 4.74 Å². The fourth-order valence-electron chi connectivity index (χ4n) is 2.04. The normalized spacial score (nSPS) is 15.7. The fourth-order valence-corrected chi connectivity index (χ4v) is 2.04. The zero-order chi connectivity index (χ0) is 16.5. The quantitative estimate of drug-likeness (QED) is 0.589. The molecular formula is C16H17NO5. The van der Waals surface area contributed by atoms with Crippen molar-refractivity contribution in [1.29, 1.82) is 0 Å². The van der Waals surface area contributed by atoms with Gasteiger partial charge in [0.15, 0.2) is 0 Å². The monoisotopic (exact) mass is 303 g/mol. The van der Waals surface area contributed by atoms with Crippen LogP contribution in [0.15, 0.2) is 30.3 Å². The lowest BCUT2D eigenvalue weighted by Gasteiger charge is -2.24. The largest absolute Gasteiger partial charge is 0.466 e. The van der Waals surface area contributed by atoms with Gasteiger partial charge in [-0.3, -0.25) is 4.79 Å². The maximum absolute atomic E-state index is 12.4. The molecule has 116 valence electrons. The molecule has 0 saturated heterocycles. The molecule has 1 aromatic rings. The minimum absolute atomic E-state index is 0.154. The summed E-state index contributed by atoms with van der Waals surface area (Å²) in [5, 5.41) is 0. The number of carbonyl (C=O) groups excluding carboxylic acids is 3. The van der Waals surface area contributed by atoms with E-state index in [1.165, 1.54) is 7.11 Å². The molecule has 0 N–H and O–H groups in total. The van der Waals surface area contributed by atoms with Crippen LogP contribution in [-0.4, -0.2) is 35.6 Å². The van der Waals surface area contributed by atoms with Crippen LogP contribution in [0.1, 0.15) is 36.7 Å². The second kappa shape index (κ2) is 5.63. The Bertz CT molecular complexity index is 669. The van der Waals surface area contributed by atoms with E-state index in [0.29, 0.717) is 11.1 Å². The van der Waals surface area contributed by atoms with E-state index in [1.54, 1.807) is 45.0 Å². The van der Waals surface area contributed by atoms with Gasteiger partial charge in [-0.05, 0) is 26.8 Å². The molecule has 1 aliphatic heterocycles. The van der Waals surface area contributed by atoms with Gasteiger partial charge in [-0.2, -0.15) is 0 Å². The van der Waals surface area contributed by atoms with Crippen molar-refractivity contribution in [1.82, 2.24) is 4.90 Å². The molecule has 1 aromatic carbocycles. The second-order valence-corrected chi connectivity index (χ2v) is 5.72. The van der Waals surface area contributed by atoms with Gasteiger partial charge < -0.3 is 9.47 Å². The number of esters is 1. The predicted molar refractivity (Wildman–Crippen MR) is 78.8 cm³/mol. The van der Waals surface area contributed by atoms with Crippen LogP contribution in [0.5, 0.6) is 0 Å². The van der Waals surface area contributed by atoms with E-state index in [9.17, 15) is 14.4 Å². The van der Waals surface area contributed by atoms with Crippen LogP contribution in [0, 0.1) is 0 Å². The zero-order valence-corrected chi connectivity index (χ0v) is 12.9. The molecule has 1 aliphatic rings. The second-order valence-electron chi connectivity index (χ2n) is 5.72. The highest BCUT2D eigenvalue weighted by Crippen LogP contribution is 2.33. The summed E-state index contributed by atoms with van der Waals surface area (Å²) >= 11 is 0. The molecule has 0 aromatic heterocycles. The summed E-state index contributed by atoms with van der Waals surface area (Å²) < 4.78 is 9.83. The van der Waals surface area contributed by atoms with E-state index in [4.69, 9.17) is 4.74 Å². The Labute approximate surface area is 128 Å². The first-order chi connectivity index (χ1) is 10.2. The molecule has 0 atom stereocenters. The Morgan fingerprint density at radius 2 is 1.73 bits per heavy atom. The van der Waals surface area contributed by atoms with Gasteiger partial charge in [0.1, 0.15) is 5.60 Å². The number of ether oxygens (including phenoxy) is 2. The lowest BCUT2D eigenvalue weighted by Crippen LogP contribution is -2.36. The lowest BCUT2D eigenvalue weighted by atomic mass is 10.1. The molecule has 0 spiro atoms. The number of benzene rings is 1. The molecule has 0 unspecified atom stereocenters. The number of imide groups is 1. The molecule has 22 heavy (non-hydrogen) atoms. The van der Waals surface area contributed by atoms with Crippen LogP contribution in [0.2, 0.25) is 0 Å². The number of carbonyl (C=O) groups is 3. The SMILES string of the molecule is COC(=O)/C=C1\c2ccccc2C(=O)N1C(=O)OC(C)(C)C. The van der Waals surface area contributed by atoms with Crippen LogP contribution in [-0.2, 0) is 14.3 Å². The third-order valence-electron chi connectivity index (χ3n) is 2.91. The minimum Gasteiger partial charge on any atom is -0.466 e. The first-order valence-corrected chi connectivity index (χ1v) is 6.71. The number of amides is 2. The predicted octanol–water partition coefficient (Wildman–Crippen LogP) is 2.59. The van der Waals surface area contributed by atoms with Crippen LogP contribution in [0.3, 0.4) is 0 Å². The highest BCUT2D eigenvalue weighted by Gasteiger charge is 2.39. The third-order valence-corrected chi connectivity index (χ3v) is 2.91. The number of hydrogen-bond donors (Lipinski definition) is 0. The summed E-state index contributed by atoms with van der Waals surface area (Å²) in [4.78, 5) is 37.1. The van der Waals surface area contributed by atoms with Gasteiger partial charge in [0.2, 0.25) is 0 Å². The van der Waals surface area contributed by atoms with Crippen molar-refractivity contribution in [2.45, 2.75) is 26.4 Å². The molecule has 0 saturated carbocycles. The molecule has 2 amide bonds. The van der Waals surface area contributed by atoms with Crippen molar-refractivity contribution < 1.29 is 23.9 Å². The minimum atomic E-state index is -0.830. The molecule has 0 fully saturated rings. The van der Waals surface area contributed by atoms with Crippen molar-refractivity contribution >= 4 is 23.7 Å². The Balaban J connectivity index is 2.49. The third kappa shape index (κ3) is 3.00. The number of rotatable bonds is 1. The van der Waals surface area contributed by atoms with E-state index >= 15 is 0 Å². The first-order valence-electron chi connectivity index (χ1n) is 6.71. The van der Waals surface area contributed by atoms with Gasteiger partial charge in [-0.1, -0.05) is 18.2 Å². The number of methoxy groups -OCH3 is 1.